The van der Waals surface area contributed by atoms with E-state index in [-0.39, 0.29) is 29.8 Å². The number of rotatable bonds is 6. The predicted molar refractivity (Wildman–Crippen MR) is 114 cm³/mol. The summed E-state index contributed by atoms with van der Waals surface area (Å²) in [5, 5.41) is 15.2. The highest BCUT2D eigenvalue weighted by molar-refractivity contribution is 14.0. The Hall–Kier alpha value is -1.40. The Morgan fingerprint density at radius 1 is 1.38 bits per heavy atom. The maximum absolute atomic E-state index is 13.9. The van der Waals surface area contributed by atoms with E-state index in [1.807, 2.05) is 6.07 Å². The number of hydrogen-bond donors (Lipinski definition) is 2. The minimum atomic E-state index is -0.374. The van der Waals surface area contributed by atoms with Crippen LogP contribution in [0.1, 0.15) is 43.7 Å². The van der Waals surface area contributed by atoms with Crippen molar-refractivity contribution in [1.82, 2.24) is 15.5 Å². The first kappa shape index (κ1) is 22.6. The molecule has 1 aliphatic heterocycles. The summed E-state index contributed by atoms with van der Waals surface area (Å²) in [5.74, 6) is 0.288. The van der Waals surface area contributed by atoms with E-state index in [4.69, 9.17) is 5.26 Å². The quantitative estimate of drug-likeness (QED) is 0.288. The molecule has 0 radical (unpaired) electrons. The number of nitriles is 1. The molecular formula is C19H29FIN5. The van der Waals surface area contributed by atoms with Crippen LogP contribution in [0.15, 0.2) is 23.2 Å². The minimum Gasteiger partial charge on any atom is -0.356 e. The zero-order valence-electron chi connectivity index (χ0n) is 15.6. The lowest BCUT2D eigenvalue weighted by Crippen LogP contribution is -2.41. The number of likely N-dealkylation sites (tertiary alicyclic amines) is 1. The lowest BCUT2D eigenvalue weighted by molar-refractivity contribution is 0.159. The van der Waals surface area contributed by atoms with Gasteiger partial charge >= 0.3 is 0 Å². The molecule has 144 valence electrons. The molecule has 1 atom stereocenters. The van der Waals surface area contributed by atoms with Gasteiger partial charge in [0.05, 0.1) is 11.6 Å². The van der Waals surface area contributed by atoms with Crippen LogP contribution in [-0.4, -0.2) is 43.6 Å². The Morgan fingerprint density at radius 3 is 2.85 bits per heavy atom. The second-order valence-electron chi connectivity index (χ2n) is 6.50. The van der Waals surface area contributed by atoms with Crippen molar-refractivity contribution in [1.29, 1.82) is 5.26 Å². The van der Waals surface area contributed by atoms with E-state index in [1.165, 1.54) is 31.9 Å². The van der Waals surface area contributed by atoms with Crippen LogP contribution in [0.3, 0.4) is 0 Å². The number of halogens is 2. The van der Waals surface area contributed by atoms with E-state index in [0.29, 0.717) is 29.7 Å². The van der Waals surface area contributed by atoms with E-state index in [9.17, 15) is 4.39 Å². The molecule has 1 saturated heterocycles. The van der Waals surface area contributed by atoms with Gasteiger partial charge in [-0.2, -0.15) is 5.26 Å². The summed E-state index contributed by atoms with van der Waals surface area (Å²) in [6.45, 7) is 5.76. The molecule has 0 saturated carbocycles. The zero-order valence-corrected chi connectivity index (χ0v) is 17.9. The molecule has 1 aromatic rings. The van der Waals surface area contributed by atoms with Gasteiger partial charge in [0.15, 0.2) is 5.96 Å². The standard InChI is InChI=1S/C19H28FN5.HI/c1-15-6-3-4-10-25(15)11-5-9-23-19(22-2)24-14-17-8-7-16(13-21)12-18(17)20;/h7-8,12,15H,3-6,9-11,14H2,1-2H3,(H2,22,23,24);1H. The molecule has 1 aromatic carbocycles. The van der Waals surface area contributed by atoms with E-state index in [0.717, 1.165) is 19.5 Å². The lowest BCUT2D eigenvalue weighted by atomic mass is 10.0. The van der Waals surface area contributed by atoms with Gasteiger partial charge in [-0.1, -0.05) is 12.5 Å². The average Bonchev–Trinajstić information content (AvgIpc) is 2.63. The Balaban J connectivity index is 0.00000338. The van der Waals surface area contributed by atoms with Gasteiger partial charge in [0.1, 0.15) is 5.82 Å². The summed E-state index contributed by atoms with van der Waals surface area (Å²) >= 11 is 0. The first-order valence-electron chi connectivity index (χ1n) is 9.01. The van der Waals surface area contributed by atoms with Gasteiger partial charge in [0.25, 0.3) is 0 Å². The molecule has 1 heterocycles. The molecule has 0 aromatic heterocycles. The Bertz CT molecular complexity index is 629. The molecule has 26 heavy (non-hydrogen) atoms. The fraction of sp³-hybridized carbons (Fsp3) is 0.579. The van der Waals surface area contributed by atoms with Crippen LogP contribution in [0.5, 0.6) is 0 Å². The maximum atomic E-state index is 13.9. The van der Waals surface area contributed by atoms with Gasteiger partial charge in [-0.05, 0) is 44.9 Å². The third kappa shape index (κ3) is 7.08. The molecule has 1 aliphatic rings. The number of benzene rings is 1. The minimum absolute atomic E-state index is 0. The van der Waals surface area contributed by atoms with Crippen molar-refractivity contribution in [2.24, 2.45) is 4.99 Å². The van der Waals surface area contributed by atoms with E-state index in [1.54, 1.807) is 19.2 Å². The summed E-state index contributed by atoms with van der Waals surface area (Å²) in [5.41, 5.74) is 0.847. The Morgan fingerprint density at radius 2 is 2.19 bits per heavy atom. The van der Waals surface area contributed by atoms with Gasteiger partial charge in [-0.25, -0.2) is 4.39 Å². The fourth-order valence-electron chi connectivity index (χ4n) is 3.14. The third-order valence-corrected chi connectivity index (χ3v) is 4.71. The summed E-state index contributed by atoms with van der Waals surface area (Å²) in [6, 6.07) is 7.13. The smallest absolute Gasteiger partial charge is 0.191 e. The predicted octanol–water partition coefficient (Wildman–Crippen LogP) is 3.24. The van der Waals surface area contributed by atoms with Gasteiger partial charge in [0.2, 0.25) is 0 Å². The van der Waals surface area contributed by atoms with Crippen molar-refractivity contribution in [3.8, 4) is 6.07 Å². The van der Waals surface area contributed by atoms with Crippen LogP contribution >= 0.6 is 24.0 Å². The first-order valence-corrected chi connectivity index (χ1v) is 9.01. The largest absolute Gasteiger partial charge is 0.356 e. The highest BCUT2D eigenvalue weighted by Gasteiger charge is 2.17. The molecule has 0 spiro atoms. The Labute approximate surface area is 173 Å². The fourth-order valence-corrected chi connectivity index (χ4v) is 3.14. The molecule has 1 unspecified atom stereocenters. The van der Waals surface area contributed by atoms with Crippen LogP contribution in [0.2, 0.25) is 0 Å². The highest BCUT2D eigenvalue weighted by Crippen LogP contribution is 2.16. The molecule has 0 aliphatic carbocycles. The van der Waals surface area contributed by atoms with Crippen molar-refractivity contribution in [2.45, 2.75) is 45.2 Å². The molecule has 2 N–H and O–H groups in total. The Kier molecular flexibility index (Phi) is 10.5. The van der Waals surface area contributed by atoms with Gasteiger partial charge in [0, 0.05) is 38.3 Å². The highest BCUT2D eigenvalue weighted by atomic mass is 127. The van der Waals surface area contributed by atoms with Crippen molar-refractivity contribution in [3.63, 3.8) is 0 Å². The maximum Gasteiger partial charge on any atom is 0.191 e. The molecule has 0 amide bonds. The third-order valence-electron chi connectivity index (χ3n) is 4.71. The van der Waals surface area contributed by atoms with E-state index in [2.05, 4.69) is 27.4 Å². The normalized spacial score (nSPS) is 17.9. The van der Waals surface area contributed by atoms with Crippen LogP contribution in [0, 0.1) is 17.1 Å². The number of guanidine groups is 1. The van der Waals surface area contributed by atoms with Crippen LogP contribution in [0.25, 0.3) is 0 Å². The summed E-state index contributed by atoms with van der Waals surface area (Å²) < 4.78 is 13.9. The molecule has 5 nitrogen and oxygen atoms in total. The SMILES string of the molecule is CN=C(NCCCN1CCCCC1C)NCc1ccc(C#N)cc1F.I. The van der Waals surface area contributed by atoms with Gasteiger partial charge in [-0.15, -0.1) is 24.0 Å². The van der Waals surface area contributed by atoms with E-state index >= 15 is 0 Å². The summed E-state index contributed by atoms with van der Waals surface area (Å²) in [6.07, 6.45) is 5.00. The lowest BCUT2D eigenvalue weighted by Gasteiger charge is -2.33. The molecule has 0 bridgehead atoms. The molecule has 1 fully saturated rings. The second kappa shape index (κ2) is 12.1. The molecular weight excluding hydrogens is 444 g/mol. The number of aliphatic imine (C=N–C) groups is 1. The van der Waals surface area contributed by atoms with Crippen molar-refractivity contribution in [3.05, 3.63) is 35.1 Å². The molecule has 7 heteroatoms. The number of hydrogen-bond acceptors (Lipinski definition) is 3. The average molecular weight is 473 g/mol. The second-order valence-corrected chi connectivity index (χ2v) is 6.50. The monoisotopic (exact) mass is 473 g/mol. The number of nitrogens with zero attached hydrogens (tertiary/aromatic N) is 3. The summed E-state index contributed by atoms with van der Waals surface area (Å²) in [4.78, 5) is 6.72. The number of nitrogens with one attached hydrogen (secondary N) is 2. The topological polar surface area (TPSA) is 63.5 Å². The number of piperidine rings is 1. The van der Waals surface area contributed by atoms with Gasteiger partial charge < -0.3 is 15.5 Å². The van der Waals surface area contributed by atoms with Crippen molar-refractivity contribution < 1.29 is 4.39 Å². The van der Waals surface area contributed by atoms with Crippen molar-refractivity contribution in [2.75, 3.05) is 26.7 Å². The van der Waals surface area contributed by atoms with E-state index < -0.39 is 0 Å². The molecule has 2 rings (SSSR count). The summed E-state index contributed by atoms with van der Waals surface area (Å²) in [7, 11) is 1.71. The van der Waals surface area contributed by atoms with Crippen LogP contribution in [0.4, 0.5) is 4.39 Å². The zero-order chi connectivity index (χ0) is 18.1. The van der Waals surface area contributed by atoms with Crippen LogP contribution < -0.4 is 10.6 Å². The van der Waals surface area contributed by atoms with Crippen molar-refractivity contribution >= 4 is 29.9 Å². The van der Waals surface area contributed by atoms with Crippen LogP contribution in [-0.2, 0) is 6.54 Å². The van der Waals surface area contributed by atoms with Gasteiger partial charge in [-0.3, -0.25) is 4.99 Å². The first-order chi connectivity index (χ1) is 12.1.